The van der Waals surface area contributed by atoms with Crippen LogP contribution in [0, 0.1) is 5.92 Å². The number of hydrogen-bond donors (Lipinski definition) is 3. The molecule has 0 aliphatic heterocycles. The Morgan fingerprint density at radius 1 is 1.22 bits per heavy atom. The van der Waals surface area contributed by atoms with Crippen molar-refractivity contribution in [2.75, 3.05) is 17.3 Å². The number of nitrogen functional groups attached to an aromatic ring is 1. The van der Waals surface area contributed by atoms with Crippen molar-refractivity contribution in [1.82, 2.24) is 9.97 Å². The van der Waals surface area contributed by atoms with E-state index in [9.17, 15) is 0 Å². The minimum absolute atomic E-state index is 0.431. The summed E-state index contributed by atoms with van der Waals surface area (Å²) < 4.78 is 0. The molecule has 96 valence electrons. The fourth-order valence-corrected chi connectivity index (χ4v) is 1.76. The Kier molecular flexibility index (Phi) is 3.94. The average Bonchev–Trinajstić information content (AvgIpc) is 2.38. The van der Waals surface area contributed by atoms with Crippen LogP contribution in [-0.4, -0.2) is 16.5 Å². The van der Waals surface area contributed by atoms with Gasteiger partial charge in [-0.3, -0.25) is 5.43 Å². The zero-order valence-corrected chi connectivity index (χ0v) is 10.8. The van der Waals surface area contributed by atoms with Crippen LogP contribution >= 0.6 is 0 Å². The van der Waals surface area contributed by atoms with Gasteiger partial charge in [0.25, 0.3) is 0 Å². The van der Waals surface area contributed by atoms with Crippen LogP contribution in [-0.2, 0) is 0 Å². The minimum atomic E-state index is 0.431. The Bertz CT molecular complexity index is 524. The van der Waals surface area contributed by atoms with E-state index < -0.39 is 0 Å². The molecule has 0 radical (unpaired) electrons. The lowest BCUT2D eigenvalue weighted by molar-refractivity contribution is 0.607. The third-order valence-corrected chi connectivity index (χ3v) is 2.75. The van der Waals surface area contributed by atoms with Crippen LogP contribution < -0.4 is 16.6 Å². The van der Waals surface area contributed by atoms with Crippen molar-refractivity contribution in [2.45, 2.75) is 20.3 Å². The summed E-state index contributed by atoms with van der Waals surface area (Å²) >= 11 is 0. The van der Waals surface area contributed by atoms with Gasteiger partial charge in [0.15, 0.2) is 0 Å². The molecule has 2 aromatic rings. The van der Waals surface area contributed by atoms with Crippen LogP contribution in [0.1, 0.15) is 20.3 Å². The van der Waals surface area contributed by atoms with E-state index in [2.05, 4.69) is 34.6 Å². The highest BCUT2D eigenvalue weighted by atomic mass is 15.3. The molecular weight excluding hydrogens is 226 g/mol. The topological polar surface area (TPSA) is 75.9 Å². The normalized spacial score (nSPS) is 10.9. The average molecular weight is 245 g/mol. The molecule has 1 heterocycles. The Hall–Kier alpha value is -1.88. The smallest absolute Gasteiger partial charge is 0.239 e. The molecule has 5 heteroatoms. The van der Waals surface area contributed by atoms with Gasteiger partial charge in [-0.2, -0.15) is 4.98 Å². The summed E-state index contributed by atoms with van der Waals surface area (Å²) in [7, 11) is 0. The highest BCUT2D eigenvalue weighted by Gasteiger charge is 2.06. The number of hydrogen-bond acceptors (Lipinski definition) is 5. The lowest BCUT2D eigenvalue weighted by Gasteiger charge is -2.11. The van der Waals surface area contributed by atoms with E-state index in [-0.39, 0.29) is 0 Å². The van der Waals surface area contributed by atoms with Gasteiger partial charge in [-0.15, -0.1) is 0 Å². The molecular formula is C13H19N5. The zero-order chi connectivity index (χ0) is 13.0. The van der Waals surface area contributed by atoms with Crippen molar-refractivity contribution in [3.63, 3.8) is 0 Å². The van der Waals surface area contributed by atoms with Crippen molar-refractivity contribution >= 4 is 22.7 Å². The molecule has 0 amide bonds. The van der Waals surface area contributed by atoms with Gasteiger partial charge < -0.3 is 5.32 Å². The first kappa shape index (κ1) is 12.6. The van der Waals surface area contributed by atoms with E-state index in [0.717, 1.165) is 29.7 Å². The van der Waals surface area contributed by atoms with E-state index in [1.54, 1.807) is 0 Å². The first-order chi connectivity index (χ1) is 8.70. The van der Waals surface area contributed by atoms with Crippen molar-refractivity contribution in [3.05, 3.63) is 24.3 Å². The standard InChI is InChI=1S/C13H19N5/c1-9(2)7-8-15-12-10-5-3-4-6-11(10)16-13(17-12)18-14/h3-6,9H,7-8,14H2,1-2H3,(H2,15,16,17,18). The molecule has 0 aliphatic carbocycles. The second kappa shape index (κ2) is 5.64. The molecule has 1 aromatic heterocycles. The number of fused-ring (bicyclic) bond motifs is 1. The molecule has 0 spiro atoms. The molecule has 2 rings (SSSR count). The van der Waals surface area contributed by atoms with Gasteiger partial charge >= 0.3 is 0 Å². The largest absolute Gasteiger partial charge is 0.369 e. The maximum absolute atomic E-state index is 5.38. The third kappa shape index (κ3) is 2.87. The maximum Gasteiger partial charge on any atom is 0.239 e. The molecule has 0 atom stereocenters. The number of anilines is 2. The molecule has 0 aliphatic rings. The third-order valence-electron chi connectivity index (χ3n) is 2.75. The number of nitrogens with one attached hydrogen (secondary N) is 2. The number of nitrogens with two attached hydrogens (primary N) is 1. The Morgan fingerprint density at radius 3 is 2.72 bits per heavy atom. The Balaban J connectivity index is 2.29. The van der Waals surface area contributed by atoms with Crippen molar-refractivity contribution in [1.29, 1.82) is 0 Å². The molecule has 1 aromatic carbocycles. The van der Waals surface area contributed by atoms with E-state index in [0.29, 0.717) is 11.9 Å². The summed E-state index contributed by atoms with van der Waals surface area (Å²) in [5.41, 5.74) is 3.38. The van der Waals surface area contributed by atoms with Gasteiger partial charge in [-0.05, 0) is 24.5 Å². The lowest BCUT2D eigenvalue weighted by Crippen LogP contribution is -2.13. The monoisotopic (exact) mass is 245 g/mol. The van der Waals surface area contributed by atoms with Gasteiger partial charge in [0, 0.05) is 11.9 Å². The summed E-state index contributed by atoms with van der Waals surface area (Å²) in [4.78, 5) is 8.67. The van der Waals surface area contributed by atoms with E-state index >= 15 is 0 Å². The van der Waals surface area contributed by atoms with Crippen LogP contribution in [0.4, 0.5) is 11.8 Å². The second-order valence-corrected chi connectivity index (χ2v) is 4.67. The number of para-hydroxylation sites is 1. The summed E-state index contributed by atoms with van der Waals surface area (Å²) in [6.45, 7) is 5.29. The quantitative estimate of drug-likeness (QED) is 0.557. The number of nitrogens with zero attached hydrogens (tertiary/aromatic N) is 2. The first-order valence-electron chi connectivity index (χ1n) is 6.18. The lowest BCUT2D eigenvalue weighted by atomic mass is 10.1. The van der Waals surface area contributed by atoms with Crippen molar-refractivity contribution < 1.29 is 0 Å². The highest BCUT2D eigenvalue weighted by Crippen LogP contribution is 2.21. The SMILES string of the molecule is CC(C)CCNc1nc(NN)nc2ccccc12. The first-order valence-corrected chi connectivity index (χ1v) is 6.18. The Morgan fingerprint density at radius 2 is 2.00 bits per heavy atom. The number of benzene rings is 1. The summed E-state index contributed by atoms with van der Waals surface area (Å²) in [5, 5.41) is 4.36. The van der Waals surface area contributed by atoms with Crippen LogP contribution in [0.2, 0.25) is 0 Å². The van der Waals surface area contributed by atoms with Crippen LogP contribution in [0.5, 0.6) is 0 Å². The van der Waals surface area contributed by atoms with Gasteiger partial charge in [-0.25, -0.2) is 10.8 Å². The highest BCUT2D eigenvalue weighted by molar-refractivity contribution is 5.89. The van der Waals surface area contributed by atoms with Gasteiger partial charge in [0.1, 0.15) is 5.82 Å². The summed E-state index contributed by atoms with van der Waals surface area (Å²) in [6.07, 6.45) is 1.10. The molecule has 5 nitrogen and oxygen atoms in total. The molecule has 0 bridgehead atoms. The molecule has 0 fully saturated rings. The van der Waals surface area contributed by atoms with Crippen LogP contribution in [0.3, 0.4) is 0 Å². The van der Waals surface area contributed by atoms with Crippen molar-refractivity contribution in [3.8, 4) is 0 Å². The van der Waals surface area contributed by atoms with Crippen LogP contribution in [0.25, 0.3) is 10.9 Å². The molecule has 0 saturated heterocycles. The molecule has 18 heavy (non-hydrogen) atoms. The maximum atomic E-state index is 5.38. The van der Waals surface area contributed by atoms with Gasteiger partial charge in [0.2, 0.25) is 5.95 Å². The summed E-state index contributed by atoms with van der Waals surface area (Å²) in [6, 6.07) is 7.89. The predicted molar refractivity (Wildman–Crippen MR) is 75.3 cm³/mol. The van der Waals surface area contributed by atoms with Crippen molar-refractivity contribution in [2.24, 2.45) is 11.8 Å². The van der Waals surface area contributed by atoms with Gasteiger partial charge in [-0.1, -0.05) is 26.0 Å². The van der Waals surface area contributed by atoms with Gasteiger partial charge in [0.05, 0.1) is 5.52 Å². The van der Waals surface area contributed by atoms with E-state index in [1.807, 2.05) is 24.3 Å². The number of rotatable bonds is 5. The number of hydrazine groups is 1. The van der Waals surface area contributed by atoms with Crippen LogP contribution in [0.15, 0.2) is 24.3 Å². The molecule has 0 saturated carbocycles. The Labute approximate surface area is 107 Å². The number of aromatic nitrogens is 2. The van der Waals surface area contributed by atoms with E-state index in [1.165, 1.54) is 0 Å². The fourth-order valence-electron chi connectivity index (χ4n) is 1.76. The fraction of sp³-hybridized carbons (Fsp3) is 0.385. The predicted octanol–water partition coefficient (Wildman–Crippen LogP) is 2.37. The summed E-state index contributed by atoms with van der Waals surface area (Å²) in [5.74, 6) is 7.31. The molecule has 0 unspecified atom stereocenters. The van der Waals surface area contributed by atoms with E-state index in [4.69, 9.17) is 5.84 Å². The minimum Gasteiger partial charge on any atom is -0.369 e. The molecule has 4 N–H and O–H groups in total. The second-order valence-electron chi connectivity index (χ2n) is 4.67. The zero-order valence-electron chi connectivity index (χ0n) is 10.8.